The maximum atomic E-state index is 12.1. The van der Waals surface area contributed by atoms with Gasteiger partial charge in [-0.15, -0.1) is 0 Å². The lowest BCUT2D eigenvalue weighted by Gasteiger charge is -2.26. The molecule has 27 heavy (non-hydrogen) atoms. The van der Waals surface area contributed by atoms with E-state index in [1.54, 1.807) is 17.0 Å². The van der Waals surface area contributed by atoms with Gasteiger partial charge in [0.1, 0.15) is 5.75 Å². The number of amidine groups is 1. The van der Waals surface area contributed by atoms with Crippen LogP contribution in [0.2, 0.25) is 0 Å². The normalized spacial score (nSPS) is 24.8. The number of anilines is 1. The van der Waals surface area contributed by atoms with Crippen LogP contribution in [0.4, 0.5) is 5.69 Å². The molecule has 1 aromatic rings. The zero-order chi connectivity index (χ0) is 19.6. The fraction of sp³-hybridized carbons (Fsp3) is 0.471. The van der Waals surface area contributed by atoms with Crippen molar-refractivity contribution in [3.63, 3.8) is 0 Å². The SMILES string of the molecule is CCOc1ccccc1N1C(=NC(=O)CCC(=O)O)S[C@H]2CS(=O)(=O)C[C@H]21. The van der Waals surface area contributed by atoms with E-state index in [4.69, 9.17) is 9.84 Å². The average molecular weight is 412 g/mol. The Morgan fingerprint density at radius 3 is 2.74 bits per heavy atom. The minimum Gasteiger partial charge on any atom is -0.492 e. The van der Waals surface area contributed by atoms with Gasteiger partial charge < -0.3 is 14.7 Å². The predicted octanol–water partition coefficient (Wildman–Crippen LogP) is 1.55. The second-order valence-corrected chi connectivity index (χ2v) is 9.61. The van der Waals surface area contributed by atoms with Crippen molar-refractivity contribution in [2.24, 2.45) is 4.99 Å². The molecule has 2 heterocycles. The van der Waals surface area contributed by atoms with Gasteiger partial charge in [0.25, 0.3) is 0 Å². The summed E-state index contributed by atoms with van der Waals surface area (Å²) in [6.07, 6.45) is -0.495. The number of nitrogens with zero attached hydrogens (tertiary/aromatic N) is 2. The molecule has 0 radical (unpaired) electrons. The fourth-order valence-electron chi connectivity index (χ4n) is 3.16. The monoisotopic (exact) mass is 412 g/mol. The van der Waals surface area contributed by atoms with E-state index in [9.17, 15) is 18.0 Å². The van der Waals surface area contributed by atoms with E-state index in [1.165, 1.54) is 11.8 Å². The van der Waals surface area contributed by atoms with Crippen LogP contribution in [0.3, 0.4) is 0 Å². The van der Waals surface area contributed by atoms with Gasteiger partial charge in [-0.05, 0) is 19.1 Å². The summed E-state index contributed by atoms with van der Waals surface area (Å²) in [6.45, 7) is 2.29. The Kier molecular flexibility index (Phi) is 5.75. The van der Waals surface area contributed by atoms with Crippen LogP contribution in [-0.2, 0) is 19.4 Å². The van der Waals surface area contributed by atoms with Crippen LogP contribution in [0.25, 0.3) is 0 Å². The third-order valence-electron chi connectivity index (χ3n) is 4.26. The molecule has 2 saturated heterocycles. The first-order valence-corrected chi connectivity index (χ1v) is 11.2. The van der Waals surface area contributed by atoms with Crippen molar-refractivity contribution in [3.05, 3.63) is 24.3 Å². The second-order valence-electron chi connectivity index (χ2n) is 6.25. The number of rotatable bonds is 6. The zero-order valence-corrected chi connectivity index (χ0v) is 16.3. The number of sulfone groups is 1. The number of para-hydroxylation sites is 2. The molecule has 1 amide bonds. The molecule has 2 aliphatic heterocycles. The van der Waals surface area contributed by atoms with E-state index in [2.05, 4.69) is 4.99 Å². The molecule has 10 heteroatoms. The Morgan fingerprint density at radius 2 is 2.04 bits per heavy atom. The number of hydrogen-bond acceptors (Lipinski definition) is 6. The van der Waals surface area contributed by atoms with Gasteiger partial charge in [0.15, 0.2) is 15.0 Å². The fourth-order valence-corrected chi connectivity index (χ4v) is 7.08. The molecule has 0 aliphatic carbocycles. The van der Waals surface area contributed by atoms with Gasteiger partial charge in [0, 0.05) is 11.7 Å². The highest BCUT2D eigenvalue weighted by Gasteiger charge is 2.50. The minimum absolute atomic E-state index is 0.0204. The first-order valence-electron chi connectivity index (χ1n) is 8.52. The quantitative estimate of drug-likeness (QED) is 0.749. The van der Waals surface area contributed by atoms with E-state index in [1.807, 2.05) is 19.1 Å². The maximum Gasteiger partial charge on any atom is 0.303 e. The summed E-state index contributed by atoms with van der Waals surface area (Å²) in [5.41, 5.74) is 0.654. The van der Waals surface area contributed by atoms with Crippen LogP contribution < -0.4 is 9.64 Å². The molecule has 2 aliphatic rings. The highest BCUT2D eigenvalue weighted by Crippen LogP contribution is 2.43. The number of ether oxygens (including phenoxy) is 1. The van der Waals surface area contributed by atoms with Crippen molar-refractivity contribution >= 4 is 44.3 Å². The number of carbonyl (C=O) groups is 2. The topological polar surface area (TPSA) is 113 Å². The van der Waals surface area contributed by atoms with Crippen molar-refractivity contribution < 1.29 is 27.9 Å². The number of hydrogen-bond donors (Lipinski definition) is 1. The van der Waals surface area contributed by atoms with Crippen LogP contribution in [0.5, 0.6) is 5.75 Å². The van der Waals surface area contributed by atoms with Gasteiger partial charge in [-0.1, -0.05) is 23.9 Å². The van der Waals surface area contributed by atoms with E-state index in [0.29, 0.717) is 23.2 Å². The summed E-state index contributed by atoms with van der Waals surface area (Å²) in [6, 6.07) is 6.87. The third kappa shape index (κ3) is 4.44. The Balaban J connectivity index is 1.96. The van der Waals surface area contributed by atoms with Crippen LogP contribution in [0, 0.1) is 0 Å². The molecule has 2 fully saturated rings. The van der Waals surface area contributed by atoms with Crippen molar-refractivity contribution in [2.75, 3.05) is 23.0 Å². The summed E-state index contributed by atoms with van der Waals surface area (Å²) < 4.78 is 29.9. The third-order valence-corrected chi connectivity index (χ3v) is 7.47. The molecule has 3 rings (SSSR count). The van der Waals surface area contributed by atoms with Crippen LogP contribution in [0.15, 0.2) is 29.3 Å². The average Bonchev–Trinajstić information content (AvgIpc) is 3.05. The lowest BCUT2D eigenvalue weighted by atomic mass is 10.2. The van der Waals surface area contributed by atoms with E-state index in [0.717, 1.165) is 0 Å². The number of aliphatic imine (C=N–C) groups is 1. The van der Waals surface area contributed by atoms with Gasteiger partial charge in [-0.3, -0.25) is 9.59 Å². The van der Waals surface area contributed by atoms with Gasteiger partial charge in [0.2, 0.25) is 5.91 Å². The summed E-state index contributed by atoms with van der Waals surface area (Å²) in [5, 5.41) is 8.90. The summed E-state index contributed by atoms with van der Waals surface area (Å²) in [5.74, 6) is -1.02. The van der Waals surface area contributed by atoms with Crippen molar-refractivity contribution in [1.82, 2.24) is 0 Å². The Hall–Kier alpha value is -2.07. The van der Waals surface area contributed by atoms with Crippen LogP contribution >= 0.6 is 11.8 Å². The highest BCUT2D eigenvalue weighted by atomic mass is 32.2. The molecular weight excluding hydrogens is 392 g/mol. The molecule has 146 valence electrons. The van der Waals surface area contributed by atoms with Gasteiger partial charge in [-0.25, -0.2) is 8.42 Å². The van der Waals surface area contributed by atoms with Gasteiger partial charge in [-0.2, -0.15) is 4.99 Å². The molecular formula is C17H20N2O6S2. The first-order chi connectivity index (χ1) is 12.8. The molecule has 1 aromatic carbocycles. The summed E-state index contributed by atoms with van der Waals surface area (Å²) in [4.78, 5) is 28.6. The number of aliphatic carboxylic acids is 1. The van der Waals surface area contributed by atoms with Crippen LogP contribution in [0.1, 0.15) is 19.8 Å². The van der Waals surface area contributed by atoms with Crippen molar-refractivity contribution in [1.29, 1.82) is 0 Å². The van der Waals surface area contributed by atoms with Crippen molar-refractivity contribution in [3.8, 4) is 5.75 Å². The molecule has 8 nitrogen and oxygen atoms in total. The van der Waals surface area contributed by atoms with E-state index < -0.39 is 21.7 Å². The highest BCUT2D eigenvalue weighted by molar-refractivity contribution is 8.16. The smallest absolute Gasteiger partial charge is 0.303 e. The number of amides is 1. The van der Waals surface area contributed by atoms with Gasteiger partial charge in [0.05, 0.1) is 36.3 Å². The van der Waals surface area contributed by atoms with E-state index in [-0.39, 0.29) is 35.6 Å². The maximum absolute atomic E-state index is 12.1. The molecule has 0 saturated carbocycles. The molecule has 1 N–H and O–H groups in total. The largest absolute Gasteiger partial charge is 0.492 e. The Labute approximate surface area is 161 Å². The van der Waals surface area contributed by atoms with Crippen molar-refractivity contribution in [2.45, 2.75) is 31.1 Å². The molecule has 0 unspecified atom stereocenters. The van der Waals surface area contributed by atoms with Gasteiger partial charge >= 0.3 is 5.97 Å². The van der Waals surface area contributed by atoms with E-state index >= 15 is 0 Å². The standard InChI is InChI=1S/C17H20N2O6S2/c1-2-25-13-6-4-3-5-11(13)19-12-9-27(23,24)10-14(12)26-17(19)18-15(20)7-8-16(21)22/h3-6,12,14H,2,7-10H2,1H3,(H,21,22)/t12-,14+/m1/s1. The lowest BCUT2D eigenvalue weighted by Crippen LogP contribution is -2.38. The molecule has 0 bridgehead atoms. The first kappa shape index (κ1) is 19.7. The minimum atomic E-state index is -3.17. The number of fused-ring (bicyclic) bond motifs is 1. The number of carboxylic acid groups (broad SMARTS) is 1. The molecule has 0 aromatic heterocycles. The molecule has 2 atom stereocenters. The zero-order valence-electron chi connectivity index (χ0n) is 14.7. The number of carbonyl (C=O) groups excluding carboxylic acids is 1. The summed E-state index contributed by atoms with van der Waals surface area (Å²) >= 11 is 1.25. The second kappa shape index (κ2) is 7.89. The Bertz CT molecular complexity index is 883. The number of thioether (sulfide) groups is 1. The molecule has 0 spiro atoms. The van der Waals surface area contributed by atoms with Crippen LogP contribution in [-0.4, -0.2) is 60.0 Å². The predicted molar refractivity (Wildman–Crippen MR) is 103 cm³/mol. The lowest BCUT2D eigenvalue weighted by molar-refractivity contribution is -0.138. The number of carboxylic acids is 1. The number of benzene rings is 1. The summed E-state index contributed by atoms with van der Waals surface area (Å²) in [7, 11) is -3.17. The Morgan fingerprint density at radius 1 is 1.30 bits per heavy atom.